The van der Waals surface area contributed by atoms with Gasteiger partial charge in [-0.05, 0) is 41.1 Å². The zero-order chi connectivity index (χ0) is 17.2. The Morgan fingerprint density at radius 3 is 2.64 bits per heavy atom. The Morgan fingerprint density at radius 2 is 1.84 bits per heavy atom. The lowest BCUT2D eigenvalue weighted by Crippen LogP contribution is -2.28. The average Bonchev–Trinajstić information content (AvgIpc) is 3.24. The van der Waals surface area contributed by atoms with Crippen molar-refractivity contribution < 1.29 is 4.79 Å². The van der Waals surface area contributed by atoms with Gasteiger partial charge in [-0.25, -0.2) is 0 Å². The zero-order valence-electron chi connectivity index (χ0n) is 13.1. The van der Waals surface area contributed by atoms with Gasteiger partial charge < -0.3 is 4.90 Å². The number of halogens is 1. The second-order valence-electron chi connectivity index (χ2n) is 5.55. The number of tetrazole rings is 1. The summed E-state index contributed by atoms with van der Waals surface area (Å²) in [4.78, 5) is 14.5. The minimum absolute atomic E-state index is 0.0284. The molecule has 1 aliphatic rings. The van der Waals surface area contributed by atoms with Gasteiger partial charge in [0.2, 0.25) is 11.1 Å². The van der Waals surface area contributed by atoms with Gasteiger partial charge in [-0.1, -0.05) is 53.7 Å². The summed E-state index contributed by atoms with van der Waals surface area (Å²) < 4.78 is 1.65. The fraction of sp³-hybridized carbons (Fsp3) is 0.176. The number of aromatic nitrogens is 4. The first-order valence-corrected chi connectivity index (χ1v) is 9.06. The maximum absolute atomic E-state index is 12.8. The van der Waals surface area contributed by atoms with Gasteiger partial charge in [-0.2, -0.15) is 4.68 Å². The molecule has 0 radical (unpaired) electrons. The Bertz CT molecular complexity index is 901. The molecule has 126 valence electrons. The van der Waals surface area contributed by atoms with Crippen molar-refractivity contribution in [3.05, 3.63) is 59.6 Å². The predicted molar refractivity (Wildman–Crippen MR) is 97.2 cm³/mol. The number of thioether (sulfide) groups is 1. The van der Waals surface area contributed by atoms with Crippen molar-refractivity contribution in [2.75, 3.05) is 11.4 Å². The first kappa shape index (κ1) is 16.1. The average molecular weight is 372 g/mol. The van der Waals surface area contributed by atoms with Crippen LogP contribution in [0.4, 0.5) is 5.69 Å². The third-order valence-corrected chi connectivity index (χ3v) is 5.50. The van der Waals surface area contributed by atoms with Crippen LogP contribution in [-0.2, 0) is 4.79 Å². The van der Waals surface area contributed by atoms with Crippen LogP contribution in [0.2, 0.25) is 5.02 Å². The van der Waals surface area contributed by atoms with Crippen LogP contribution < -0.4 is 4.90 Å². The minimum atomic E-state index is -0.232. The third kappa shape index (κ3) is 3.12. The molecule has 2 aromatic carbocycles. The van der Waals surface area contributed by atoms with Crippen molar-refractivity contribution in [2.45, 2.75) is 16.8 Å². The fourth-order valence-electron chi connectivity index (χ4n) is 2.78. The van der Waals surface area contributed by atoms with E-state index in [1.807, 2.05) is 48.5 Å². The lowest BCUT2D eigenvalue weighted by molar-refractivity contribution is -0.116. The number of nitrogens with zero attached hydrogens (tertiary/aromatic N) is 5. The van der Waals surface area contributed by atoms with Gasteiger partial charge in [0.25, 0.3) is 0 Å². The molecule has 2 heterocycles. The number of hydrogen-bond donors (Lipinski definition) is 0. The Balaban J connectivity index is 1.55. The molecule has 0 bridgehead atoms. The Morgan fingerprint density at radius 1 is 1.08 bits per heavy atom. The molecule has 25 heavy (non-hydrogen) atoms. The van der Waals surface area contributed by atoms with Crippen molar-refractivity contribution in [1.82, 2.24) is 20.2 Å². The summed E-state index contributed by atoms with van der Waals surface area (Å²) in [7, 11) is 0. The highest BCUT2D eigenvalue weighted by atomic mass is 35.5. The molecule has 0 saturated carbocycles. The molecular weight excluding hydrogens is 358 g/mol. The van der Waals surface area contributed by atoms with Crippen LogP contribution >= 0.6 is 23.4 Å². The molecule has 1 amide bonds. The summed E-state index contributed by atoms with van der Waals surface area (Å²) in [5.41, 5.74) is 1.61. The summed E-state index contributed by atoms with van der Waals surface area (Å²) in [5, 5.41) is 12.8. The highest BCUT2D eigenvalue weighted by Gasteiger charge is 2.35. The van der Waals surface area contributed by atoms with Crippen molar-refractivity contribution in [2.24, 2.45) is 0 Å². The van der Waals surface area contributed by atoms with Crippen molar-refractivity contribution in [3.63, 3.8) is 0 Å². The monoisotopic (exact) mass is 371 g/mol. The molecule has 1 aromatic heterocycles. The van der Waals surface area contributed by atoms with E-state index in [4.69, 9.17) is 11.6 Å². The minimum Gasteiger partial charge on any atom is -0.310 e. The zero-order valence-corrected chi connectivity index (χ0v) is 14.7. The number of amides is 1. The molecule has 8 heteroatoms. The smallest absolute Gasteiger partial charge is 0.240 e. The second kappa shape index (κ2) is 6.85. The summed E-state index contributed by atoms with van der Waals surface area (Å²) in [6.45, 7) is 0.632. The van der Waals surface area contributed by atoms with E-state index in [2.05, 4.69) is 15.5 Å². The van der Waals surface area contributed by atoms with Crippen molar-refractivity contribution in [3.8, 4) is 5.69 Å². The van der Waals surface area contributed by atoms with Crippen LogP contribution in [0.25, 0.3) is 5.69 Å². The number of benzene rings is 2. The van der Waals surface area contributed by atoms with Crippen LogP contribution in [0, 0.1) is 0 Å². The van der Waals surface area contributed by atoms with Gasteiger partial charge in [0.1, 0.15) is 0 Å². The van der Waals surface area contributed by atoms with E-state index in [0.717, 1.165) is 17.8 Å². The Kier molecular flexibility index (Phi) is 4.42. The number of anilines is 1. The number of rotatable bonds is 4. The van der Waals surface area contributed by atoms with Gasteiger partial charge in [0.05, 0.1) is 21.6 Å². The molecule has 0 spiro atoms. The van der Waals surface area contributed by atoms with Crippen molar-refractivity contribution in [1.29, 1.82) is 0 Å². The number of hydrogen-bond acceptors (Lipinski definition) is 5. The van der Waals surface area contributed by atoms with Crippen molar-refractivity contribution >= 4 is 35.0 Å². The van der Waals surface area contributed by atoms with E-state index in [-0.39, 0.29) is 11.2 Å². The molecule has 1 unspecified atom stereocenters. The standard InChI is InChI=1S/C17H14ClN5OS/c18-13-8-4-5-9-14(13)22-11-10-15(16(22)24)25-17-19-20-21-23(17)12-6-2-1-3-7-12/h1-9,15H,10-11H2. The molecule has 1 saturated heterocycles. The third-order valence-electron chi connectivity index (χ3n) is 3.99. The summed E-state index contributed by atoms with van der Waals surface area (Å²) in [6, 6.07) is 17.0. The second-order valence-corrected chi connectivity index (χ2v) is 7.12. The van der Waals surface area contributed by atoms with E-state index >= 15 is 0 Å². The van der Waals surface area contributed by atoms with E-state index in [9.17, 15) is 4.79 Å². The van der Waals surface area contributed by atoms with Gasteiger partial charge in [0, 0.05) is 6.54 Å². The predicted octanol–water partition coefficient (Wildman–Crippen LogP) is 3.21. The van der Waals surface area contributed by atoms with E-state index in [1.54, 1.807) is 15.6 Å². The van der Waals surface area contributed by atoms with E-state index in [0.29, 0.717) is 16.7 Å². The topological polar surface area (TPSA) is 63.9 Å². The highest BCUT2D eigenvalue weighted by Crippen LogP contribution is 2.35. The molecule has 0 aliphatic carbocycles. The number of para-hydroxylation sites is 2. The first-order chi connectivity index (χ1) is 12.2. The van der Waals surface area contributed by atoms with Crippen LogP contribution in [0.1, 0.15) is 6.42 Å². The highest BCUT2D eigenvalue weighted by molar-refractivity contribution is 8.00. The Labute approximate surface area is 153 Å². The molecule has 1 aliphatic heterocycles. The fourth-order valence-corrected chi connectivity index (χ4v) is 4.05. The molecule has 1 fully saturated rings. The SMILES string of the molecule is O=C1C(Sc2nnnn2-c2ccccc2)CCN1c1ccccc1Cl. The van der Waals surface area contributed by atoms with Crippen LogP contribution in [0.5, 0.6) is 0 Å². The molecule has 3 aromatic rings. The lowest BCUT2D eigenvalue weighted by Gasteiger charge is -2.17. The van der Waals surface area contributed by atoms with Gasteiger partial charge in [-0.15, -0.1) is 5.10 Å². The van der Waals surface area contributed by atoms with Gasteiger partial charge in [0.15, 0.2) is 0 Å². The summed E-state index contributed by atoms with van der Waals surface area (Å²) in [6.07, 6.45) is 0.719. The number of carbonyl (C=O) groups is 1. The summed E-state index contributed by atoms with van der Waals surface area (Å²) in [5.74, 6) is 0.0284. The number of carbonyl (C=O) groups excluding carboxylic acids is 1. The van der Waals surface area contributed by atoms with E-state index in [1.165, 1.54) is 11.8 Å². The quantitative estimate of drug-likeness (QED) is 0.704. The molecule has 6 nitrogen and oxygen atoms in total. The molecule has 0 N–H and O–H groups in total. The largest absolute Gasteiger partial charge is 0.310 e. The van der Waals surface area contributed by atoms with Gasteiger partial charge in [-0.3, -0.25) is 4.79 Å². The lowest BCUT2D eigenvalue weighted by atomic mass is 10.3. The Hall–Kier alpha value is -2.38. The van der Waals surface area contributed by atoms with Gasteiger partial charge >= 0.3 is 0 Å². The molecule has 1 atom stereocenters. The van der Waals surface area contributed by atoms with E-state index < -0.39 is 0 Å². The van der Waals surface area contributed by atoms with Crippen LogP contribution in [0.3, 0.4) is 0 Å². The van der Waals surface area contributed by atoms with Crippen LogP contribution in [-0.4, -0.2) is 37.9 Å². The summed E-state index contributed by atoms with van der Waals surface area (Å²) >= 11 is 7.61. The molecule has 4 rings (SSSR count). The molecular formula is C17H14ClN5OS. The maximum Gasteiger partial charge on any atom is 0.240 e. The maximum atomic E-state index is 12.8. The normalized spacial score (nSPS) is 17.2. The first-order valence-electron chi connectivity index (χ1n) is 7.80. The van der Waals surface area contributed by atoms with Crippen LogP contribution in [0.15, 0.2) is 59.8 Å².